The summed E-state index contributed by atoms with van der Waals surface area (Å²) in [6.45, 7) is 11.7. The van der Waals surface area contributed by atoms with Crippen molar-refractivity contribution in [2.45, 2.75) is 13.8 Å². The Balaban J connectivity index is 1.34. The number of nitrogens with zero attached hydrogens (tertiary/aromatic N) is 5. The molecule has 2 aliphatic heterocycles. The first-order valence-electron chi connectivity index (χ1n) is 10.2. The summed E-state index contributed by atoms with van der Waals surface area (Å²) in [5.74, 6) is 2.09. The van der Waals surface area contributed by atoms with Crippen LogP contribution in [0.2, 0.25) is 0 Å². The van der Waals surface area contributed by atoms with Gasteiger partial charge in [-0.1, -0.05) is 0 Å². The smallest absolute Gasteiger partial charge is 0.230 e. The molecule has 0 bridgehead atoms. The van der Waals surface area contributed by atoms with E-state index in [4.69, 9.17) is 9.47 Å². The monoisotopic (exact) mass is 399 g/mol. The molecule has 4 rings (SSSR count). The molecule has 0 saturated carbocycles. The summed E-state index contributed by atoms with van der Waals surface area (Å²) in [4.78, 5) is 18.5. The fourth-order valence-electron chi connectivity index (χ4n) is 3.48. The van der Waals surface area contributed by atoms with Crippen LogP contribution in [0.5, 0.6) is 5.75 Å². The molecule has 2 aromatic rings. The van der Waals surface area contributed by atoms with Crippen LogP contribution in [0.4, 0.5) is 5.95 Å². The molecule has 0 radical (unpaired) electrons. The van der Waals surface area contributed by atoms with Crippen molar-refractivity contribution in [2.75, 3.05) is 64.7 Å². The Morgan fingerprint density at radius 2 is 2.00 bits per heavy atom. The number of fused-ring (bicyclic) bond motifs is 1. The molecule has 9 heteroatoms. The maximum Gasteiger partial charge on any atom is 0.230 e. The third-order valence-corrected chi connectivity index (χ3v) is 5.13. The fraction of sp³-hybridized carbons (Fsp3) is 0.550. The number of morpholine rings is 1. The van der Waals surface area contributed by atoms with Gasteiger partial charge in [-0.25, -0.2) is 15.0 Å². The van der Waals surface area contributed by atoms with Gasteiger partial charge in [-0.05, 0) is 32.0 Å². The molecule has 1 fully saturated rings. The minimum absolute atomic E-state index is 0.548. The first-order valence-corrected chi connectivity index (χ1v) is 10.2. The SMILES string of the molecule is CCOc1ccc2nc(NC3=NCN(CCN4CCOCC4)CN3)nc(C)c2c1. The van der Waals surface area contributed by atoms with Gasteiger partial charge in [0.25, 0.3) is 0 Å². The second-order valence-electron chi connectivity index (χ2n) is 7.20. The number of benzene rings is 1. The lowest BCUT2D eigenvalue weighted by Crippen LogP contribution is -2.49. The van der Waals surface area contributed by atoms with Crippen molar-refractivity contribution in [1.82, 2.24) is 25.1 Å². The van der Waals surface area contributed by atoms with Gasteiger partial charge in [0.05, 0.1) is 44.4 Å². The van der Waals surface area contributed by atoms with Crippen molar-refractivity contribution in [3.05, 3.63) is 23.9 Å². The highest BCUT2D eigenvalue weighted by Gasteiger charge is 2.16. The lowest BCUT2D eigenvalue weighted by Gasteiger charge is -2.31. The van der Waals surface area contributed by atoms with Crippen LogP contribution in [0.3, 0.4) is 0 Å². The van der Waals surface area contributed by atoms with E-state index in [2.05, 4.69) is 35.4 Å². The van der Waals surface area contributed by atoms with E-state index in [0.717, 1.165) is 68.4 Å². The van der Waals surface area contributed by atoms with Gasteiger partial charge in [0.2, 0.25) is 11.9 Å². The van der Waals surface area contributed by atoms with Crippen LogP contribution >= 0.6 is 0 Å². The average Bonchev–Trinajstić information content (AvgIpc) is 2.75. The van der Waals surface area contributed by atoms with Gasteiger partial charge in [0.15, 0.2) is 0 Å². The Labute approximate surface area is 171 Å². The number of hydrogen-bond donors (Lipinski definition) is 2. The molecule has 0 spiro atoms. The second-order valence-corrected chi connectivity index (χ2v) is 7.20. The van der Waals surface area contributed by atoms with E-state index < -0.39 is 0 Å². The molecular weight excluding hydrogens is 370 g/mol. The summed E-state index contributed by atoms with van der Waals surface area (Å²) in [6.07, 6.45) is 0. The van der Waals surface area contributed by atoms with E-state index in [1.807, 2.05) is 32.0 Å². The summed E-state index contributed by atoms with van der Waals surface area (Å²) >= 11 is 0. The zero-order chi connectivity index (χ0) is 20.1. The summed E-state index contributed by atoms with van der Waals surface area (Å²) in [7, 11) is 0. The van der Waals surface area contributed by atoms with Gasteiger partial charge in [0, 0.05) is 31.6 Å². The number of anilines is 1. The van der Waals surface area contributed by atoms with Crippen LogP contribution in [-0.2, 0) is 4.74 Å². The van der Waals surface area contributed by atoms with Crippen molar-refractivity contribution >= 4 is 22.8 Å². The quantitative estimate of drug-likeness (QED) is 0.751. The van der Waals surface area contributed by atoms with E-state index >= 15 is 0 Å². The lowest BCUT2D eigenvalue weighted by molar-refractivity contribution is 0.0331. The van der Waals surface area contributed by atoms with Gasteiger partial charge in [-0.2, -0.15) is 0 Å². The molecule has 2 aliphatic rings. The summed E-state index contributed by atoms with van der Waals surface area (Å²) in [5.41, 5.74) is 1.79. The molecule has 0 atom stereocenters. The minimum Gasteiger partial charge on any atom is -0.494 e. The highest BCUT2D eigenvalue weighted by atomic mass is 16.5. The van der Waals surface area contributed by atoms with Crippen molar-refractivity contribution < 1.29 is 9.47 Å². The summed E-state index contributed by atoms with van der Waals surface area (Å²) in [5, 5.41) is 7.53. The number of guanidine groups is 1. The van der Waals surface area contributed by atoms with Crippen molar-refractivity contribution in [2.24, 2.45) is 4.99 Å². The van der Waals surface area contributed by atoms with Crippen LogP contribution in [0.1, 0.15) is 12.6 Å². The standard InChI is InChI=1S/C20H29N7O2/c1-3-29-16-4-5-18-17(12-16)15(2)23-20(24-18)25-19-21-13-27(14-22-19)7-6-26-8-10-28-11-9-26/h4-5,12H,3,6-11,13-14H2,1-2H3,(H2,21,22,23,24,25). The van der Waals surface area contributed by atoms with E-state index in [1.165, 1.54) is 0 Å². The fourth-order valence-corrected chi connectivity index (χ4v) is 3.48. The predicted molar refractivity (Wildman–Crippen MR) is 113 cm³/mol. The molecule has 3 heterocycles. The number of aliphatic imine (C=N–C) groups is 1. The van der Waals surface area contributed by atoms with Gasteiger partial charge < -0.3 is 14.8 Å². The molecule has 1 aromatic carbocycles. The van der Waals surface area contributed by atoms with Crippen LogP contribution < -0.4 is 15.4 Å². The molecule has 156 valence electrons. The lowest BCUT2D eigenvalue weighted by atomic mass is 10.2. The van der Waals surface area contributed by atoms with Crippen molar-refractivity contribution in [1.29, 1.82) is 0 Å². The molecule has 1 aromatic heterocycles. The average molecular weight is 399 g/mol. The Morgan fingerprint density at radius 1 is 1.17 bits per heavy atom. The summed E-state index contributed by atoms with van der Waals surface area (Å²) < 4.78 is 11.0. The van der Waals surface area contributed by atoms with Crippen molar-refractivity contribution in [3.63, 3.8) is 0 Å². The second kappa shape index (κ2) is 9.34. The highest BCUT2D eigenvalue weighted by molar-refractivity contribution is 5.93. The van der Waals surface area contributed by atoms with Gasteiger partial charge >= 0.3 is 0 Å². The predicted octanol–water partition coefficient (Wildman–Crippen LogP) is 1.26. The van der Waals surface area contributed by atoms with Gasteiger partial charge in [0.1, 0.15) is 5.75 Å². The number of aromatic nitrogens is 2. The van der Waals surface area contributed by atoms with Crippen LogP contribution in [0.15, 0.2) is 23.2 Å². The number of hydrogen-bond acceptors (Lipinski definition) is 9. The number of aryl methyl sites for hydroxylation is 1. The van der Waals surface area contributed by atoms with Gasteiger partial charge in [-0.3, -0.25) is 15.1 Å². The number of nitrogens with one attached hydrogen (secondary N) is 2. The number of rotatable bonds is 6. The third kappa shape index (κ3) is 5.11. The highest BCUT2D eigenvalue weighted by Crippen LogP contribution is 2.23. The molecular formula is C20H29N7O2. The molecule has 0 amide bonds. The zero-order valence-electron chi connectivity index (χ0n) is 17.1. The normalized spacial score (nSPS) is 18.3. The Kier molecular flexibility index (Phi) is 6.38. The molecule has 0 unspecified atom stereocenters. The van der Waals surface area contributed by atoms with E-state index in [1.54, 1.807) is 0 Å². The minimum atomic E-state index is 0.548. The first kappa shape index (κ1) is 19.8. The third-order valence-electron chi connectivity index (χ3n) is 5.13. The molecule has 9 nitrogen and oxygen atoms in total. The van der Waals surface area contributed by atoms with Gasteiger partial charge in [-0.15, -0.1) is 0 Å². The maximum atomic E-state index is 5.58. The van der Waals surface area contributed by atoms with Crippen LogP contribution in [0, 0.1) is 6.92 Å². The van der Waals surface area contributed by atoms with E-state index in [-0.39, 0.29) is 0 Å². The topological polar surface area (TPSA) is 87.1 Å². The zero-order valence-corrected chi connectivity index (χ0v) is 17.1. The Hall–Kier alpha value is -2.49. The maximum absolute atomic E-state index is 5.58. The molecule has 29 heavy (non-hydrogen) atoms. The summed E-state index contributed by atoms with van der Waals surface area (Å²) in [6, 6.07) is 5.88. The number of ether oxygens (including phenoxy) is 2. The molecule has 0 aliphatic carbocycles. The molecule has 2 N–H and O–H groups in total. The Morgan fingerprint density at radius 3 is 2.76 bits per heavy atom. The first-order chi connectivity index (χ1) is 14.2. The van der Waals surface area contributed by atoms with Crippen LogP contribution in [0.25, 0.3) is 10.9 Å². The van der Waals surface area contributed by atoms with E-state index in [0.29, 0.717) is 25.2 Å². The largest absolute Gasteiger partial charge is 0.494 e. The van der Waals surface area contributed by atoms with Crippen molar-refractivity contribution in [3.8, 4) is 5.75 Å². The molecule has 1 saturated heterocycles. The van der Waals surface area contributed by atoms with Crippen LogP contribution in [-0.4, -0.2) is 85.1 Å². The van der Waals surface area contributed by atoms with E-state index in [9.17, 15) is 0 Å². The Bertz CT molecular complexity index is 867.